The van der Waals surface area contributed by atoms with E-state index in [-0.39, 0.29) is 64.2 Å². The van der Waals surface area contributed by atoms with Crippen LogP contribution in [0.5, 0.6) is 0 Å². The molecule has 0 saturated heterocycles. The molecule has 0 aromatic heterocycles. The van der Waals surface area contributed by atoms with Gasteiger partial charge in [-0.1, -0.05) is 41.5 Å². The molecule has 0 spiro atoms. The van der Waals surface area contributed by atoms with Gasteiger partial charge in [0.05, 0.1) is 25.2 Å². The van der Waals surface area contributed by atoms with Gasteiger partial charge in [0, 0.05) is 24.9 Å². The molecular formula is C23H44N2O7. The van der Waals surface area contributed by atoms with Crippen LogP contribution in [0.15, 0.2) is 0 Å². The molecular weight excluding hydrogens is 416 g/mol. The monoisotopic (exact) mass is 460 g/mol. The summed E-state index contributed by atoms with van der Waals surface area (Å²) in [5.74, 6) is -2.35. The van der Waals surface area contributed by atoms with Crippen LogP contribution in [0.3, 0.4) is 0 Å². The second-order valence-electron chi connectivity index (χ2n) is 10.7. The lowest BCUT2D eigenvalue weighted by molar-refractivity contribution is -0.160. The van der Waals surface area contributed by atoms with Crippen molar-refractivity contribution in [1.29, 1.82) is 0 Å². The summed E-state index contributed by atoms with van der Waals surface area (Å²) >= 11 is 0. The fourth-order valence-electron chi connectivity index (χ4n) is 3.65. The predicted molar refractivity (Wildman–Crippen MR) is 121 cm³/mol. The van der Waals surface area contributed by atoms with Gasteiger partial charge in [-0.25, -0.2) is 0 Å². The molecule has 2 amide bonds. The van der Waals surface area contributed by atoms with Crippen molar-refractivity contribution in [3.63, 3.8) is 0 Å². The van der Waals surface area contributed by atoms with E-state index in [2.05, 4.69) is 10.6 Å². The number of aliphatic hydroxyl groups is 3. The number of hydrogen-bond donors (Lipinski definition) is 5. The van der Waals surface area contributed by atoms with Gasteiger partial charge in [0.15, 0.2) is 0 Å². The highest BCUT2D eigenvalue weighted by atomic mass is 16.5. The van der Waals surface area contributed by atoms with Crippen LogP contribution in [0.25, 0.3) is 0 Å². The minimum Gasteiger partial charge on any atom is -0.463 e. The maximum atomic E-state index is 13.1. The van der Waals surface area contributed by atoms with E-state index in [1.165, 1.54) is 0 Å². The van der Waals surface area contributed by atoms with Crippen molar-refractivity contribution in [2.75, 3.05) is 39.5 Å². The molecule has 0 heterocycles. The van der Waals surface area contributed by atoms with Crippen LogP contribution in [0, 0.1) is 28.1 Å². The number of esters is 1. The second kappa shape index (κ2) is 13.1. The summed E-state index contributed by atoms with van der Waals surface area (Å²) in [6.45, 7) is 12.3. The predicted octanol–water partition coefficient (Wildman–Crippen LogP) is 0.850. The average Bonchev–Trinajstić information content (AvgIpc) is 2.68. The third kappa shape index (κ3) is 9.83. The van der Waals surface area contributed by atoms with E-state index in [0.29, 0.717) is 0 Å². The number of hydrogen-bond acceptors (Lipinski definition) is 7. The first-order valence-electron chi connectivity index (χ1n) is 11.2. The molecule has 2 atom stereocenters. The third-order valence-electron chi connectivity index (χ3n) is 5.67. The van der Waals surface area contributed by atoms with E-state index >= 15 is 0 Å². The Bertz CT molecular complexity index is 568. The van der Waals surface area contributed by atoms with Crippen LogP contribution in [0.1, 0.15) is 61.3 Å². The molecule has 9 nitrogen and oxygen atoms in total. The third-order valence-corrected chi connectivity index (χ3v) is 5.67. The molecule has 0 aromatic rings. The largest absolute Gasteiger partial charge is 0.463 e. The minimum absolute atomic E-state index is 0.102. The Hall–Kier alpha value is -1.71. The maximum absolute atomic E-state index is 13.1. The first-order chi connectivity index (χ1) is 14.6. The van der Waals surface area contributed by atoms with E-state index in [9.17, 15) is 14.4 Å². The quantitative estimate of drug-likeness (QED) is 0.256. The Morgan fingerprint density at radius 3 is 1.38 bits per heavy atom. The molecule has 188 valence electrons. The topological polar surface area (TPSA) is 145 Å². The highest BCUT2D eigenvalue weighted by Gasteiger charge is 2.47. The Morgan fingerprint density at radius 1 is 0.719 bits per heavy atom. The lowest BCUT2D eigenvalue weighted by Crippen LogP contribution is -2.47. The van der Waals surface area contributed by atoms with E-state index in [0.717, 1.165) is 0 Å². The van der Waals surface area contributed by atoms with Crippen LogP contribution < -0.4 is 10.6 Å². The number of rotatable bonds is 13. The van der Waals surface area contributed by atoms with Gasteiger partial charge < -0.3 is 30.7 Å². The van der Waals surface area contributed by atoms with Crippen LogP contribution in [-0.4, -0.2) is 72.6 Å². The van der Waals surface area contributed by atoms with Gasteiger partial charge in [-0.2, -0.15) is 0 Å². The summed E-state index contributed by atoms with van der Waals surface area (Å²) in [6.07, 6.45) is 0.246. The molecule has 0 radical (unpaired) electrons. The fraction of sp³-hybridized carbons (Fsp3) is 0.870. The van der Waals surface area contributed by atoms with Crippen LogP contribution >= 0.6 is 0 Å². The van der Waals surface area contributed by atoms with E-state index in [1.807, 2.05) is 41.5 Å². The summed E-state index contributed by atoms with van der Waals surface area (Å²) in [5, 5.41) is 32.7. The number of ether oxygens (including phenoxy) is 1. The molecule has 9 heteroatoms. The molecule has 2 unspecified atom stereocenters. The van der Waals surface area contributed by atoms with E-state index < -0.39 is 34.1 Å². The lowest BCUT2D eigenvalue weighted by atomic mass is 9.64. The second-order valence-corrected chi connectivity index (χ2v) is 10.7. The lowest BCUT2D eigenvalue weighted by Gasteiger charge is -2.40. The molecule has 0 aliphatic carbocycles. The maximum Gasteiger partial charge on any atom is 0.311 e. The van der Waals surface area contributed by atoms with Crippen molar-refractivity contribution in [1.82, 2.24) is 10.6 Å². The van der Waals surface area contributed by atoms with E-state index in [1.54, 1.807) is 6.92 Å². The van der Waals surface area contributed by atoms with Crippen LogP contribution in [0.2, 0.25) is 0 Å². The fourth-order valence-corrected chi connectivity index (χ4v) is 3.65. The zero-order valence-electron chi connectivity index (χ0n) is 20.8. The molecule has 0 fully saturated rings. The van der Waals surface area contributed by atoms with Gasteiger partial charge >= 0.3 is 5.97 Å². The Labute approximate surface area is 192 Å². The molecule has 0 aromatic carbocycles. The molecule has 0 saturated carbocycles. The van der Waals surface area contributed by atoms with Crippen molar-refractivity contribution in [2.24, 2.45) is 28.1 Å². The normalized spacial score (nSPS) is 15.9. The van der Waals surface area contributed by atoms with Gasteiger partial charge in [0.25, 0.3) is 0 Å². The number of aliphatic hydroxyl groups excluding tert-OH is 3. The molecule has 0 aliphatic rings. The van der Waals surface area contributed by atoms with Gasteiger partial charge in [0.2, 0.25) is 11.8 Å². The smallest absolute Gasteiger partial charge is 0.311 e. The first kappa shape index (κ1) is 30.3. The Balaban J connectivity index is 6.16. The number of amides is 2. The highest BCUT2D eigenvalue weighted by molar-refractivity contribution is 5.84. The summed E-state index contributed by atoms with van der Waals surface area (Å²) in [6, 6.07) is 0. The SMILES string of the molecule is CC(CC(C(=O)NCCO)C(C)(C)C)(CC(C(=O)NCCO)C(C)(C)C)C(=O)OCCO. The molecule has 0 rings (SSSR count). The van der Waals surface area contributed by atoms with Gasteiger partial charge in [-0.3, -0.25) is 14.4 Å². The zero-order chi connectivity index (χ0) is 25.2. The average molecular weight is 461 g/mol. The summed E-state index contributed by atoms with van der Waals surface area (Å²) in [4.78, 5) is 38.9. The number of carbonyl (C=O) groups excluding carboxylic acids is 3. The summed E-state index contributed by atoms with van der Waals surface area (Å²) in [5.41, 5.74) is -2.21. The first-order valence-corrected chi connectivity index (χ1v) is 11.2. The molecule has 5 N–H and O–H groups in total. The molecule has 0 aliphatic heterocycles. The number of carbonyl (C=O) groups is 3. The van der Waals surface area contributed by atoms with Crippen molar-refractivity contribution < 1.29 is 34.4 Å². The zero-order valence-corrected chi connectivity index (χ0v) is 20.8. The standard InChI is InChI=1S/C23H44N2O7/c1-21(2,3)16(18(29)24-8-10-26)14-23(7,20(31)32-13-12-28)15-17(22(4,5)6)19(30)25-9-11-27/h16-17,26-28H,8-15H2,1-7H3,(H,24,29)(H,25,30). The Morgan fingerprint density at radius 2 is 1.09 bits per heavy atom. The van der Waals surface area contributed by atoms with Crippen LogP contribution in [-0.2, 0) is 19.1 Å². The minimum atomic E-state index is -1.20. The summed E-state index contributed by atoms with van der Waals surface area (Å²) in [7, 11) is 0. The van der Waals surface area contributed by atoms with Crippen molar-refractivity contribution in [3.8, 4) is 0 Å². The highest BCUT2D eigenvalue weighted by Crippen LogP contribution is 2.44. The van der Waals surface area contributed by atoms with Gasteiger partial charge in [-0.05, 0) is 30.6 Å². The van der Waals surface area contributed by atoms with E-state index in [4.69, 9.17) is 20.1 Å². The molecule has 0 bridgehead atoms. The van der Waals surface area contributed by atoms with Crippen LogP contribution in [0.4, 0.5) is 0 Å². The van der Waals surface area contributed by atoms with Gasteiger partial charge in [-0.15, -0.1) is 0 Å². The van der Waals surface area contributed by atoms with Gasteiger partial charge in [0.1, 0.15) is 6.61 Å². The summed E-state index contributed by atoms with van der Waals surface area (Å²) < 4.78 is 5.27. The van der Waals surface area contributed by atoms with Crippen molar-refractivity contribution in [2.45, 2.75) is 61.3 Å². The van der Waals surface area contributed by atoms with Crippen molar-refractivity contribution >= 4 is 17.8 Å². The number of nitrogens with one attached hydrogen (secondary N) is 2. The Kier molecular flexibility index (Phi) is 12.4. The molecule has 32 heavy (non-hydrogen) atoms. The van der Waals surface area contributed by atoms with Crippen molar-refractivity contribution in [3.05, 3.63) is 0 Å².